The standard InChI is InChI=1S/C18H23F3N2O5S/c1-23(2)17-22-11-12(24)13(25)14(28-16(11)29-17)15(18(19,20)21)27-8-9-5-4-6-10(7-9)26-3/h4-7,11-16,24-25H,8H2,1-3H3. The van der Waals surface area contributed by atoms with Crippen LogP contribution in [0.15, 0.2) is 29.3 Å². The molecule has 0 aromatic heterocycles. The van der Waals surface area contributed by atoms with E-state index >= 15 is 0 Å². The van der Waals surface area contributed by atoms with Crippen LogP contribution in [-0.4, -0.2) is 83.6 Å². The largest absolute Gasteiger partial charge is 0.497 e. The number of methoxy groups -OCH3 is 1. The minimum Gasteiger partial charge on any atom is -0.497 e. The van der Waals surface area contributed by atoms with Crippen molar-refractivity contribution in [1.82, 2.24) is 4.90 Å². The normalized spacial score (nSPS) is 30.5. The summed E-state index contributed by atoms with van der Waals surface area (Å²) in [6.45, 7) is -0.370. The molecule has 2 aliphatic rings. The van der Waals surface area contributed by atoms with Gasteiger partial charge in [0.1, 0.15) is 35.5 Å². The number of thioether (sulfide) groups is 1. The maximum absolute atomic E-state index is 13.7. The third-order valence-electron chi connectivity index (χ3n) is 4.65. The quantitative estimate of drug-likeness (QED) is 0.726. The fraction of sp³-hybridized carbons (Fsp3) is 0.611. The first-order valence-electron chi connectivity index (χ1n) is 8.86. The van der Waals surface area contributed by atoms with Crippen LogP contribution in [-0.2, 0) is 16.1 Å². The number of rotatable bonds is 5. The summed E-state index contributed by atoms with van der Waals surface area (Å²) in [5.41, 5.74) is -0.378. The van der Waals surface area contributed by atoms with Gasteiger partial charge in [0.05, 0.1) is 13.7 Å². The first kappa shape index (κ1) is 22.2. The average Bonchev–Trinajstić information content (AvgIpc) is 3.09. The second kappa shape index (κ2) is 8.68. The zero-order valence-corrected chi connectivity index (χ0v) is 16.9. The topological polar surface area (TPSA) is 83.8 Å². The minimum absolute atomic E-state index is 0.370. The van der Waals surface area contributed by atoms with Gasteiger partial charge in [0.25, 0.3) is 0 Å². The number of halogens is 3. The summed E-state index contributed by atoms with van der Waals surface area (Å²) in [6.07, 6.45) is -12.3. The number of fused-ring (bicyclic) bond motifs is 1. The highest BCUT2D eigenvalue weighted by atomic mass is 32.2. The number of ether oxygens (including phenoxy) is 3. The Hall–Kier alpha value is -1.53. The summed E-state index contributed by atoms with van der Waals surface area (Å²) in [4.78, 5) is 5.91. The van der Waals surface area contributed by atoms with Crippen molar-refractivity contribution in [2.45, 2.75) is 48.7 Å². The van der Waals surface area contributed by atoms with Crippen LogP contribution >= 0.6 is 11.8 Å². The Bertz CT molecular complexity index is 748. The maximum atomic E-state index is 13.7. The highest BCUT2D eigenvalue weighted by molar-refractivity contribution is 8.14. The molecule has 0 aliphatic carbocycles. The summed E-state index contributed by atoms with van der Waals surface area (Å²) in [6, 6.07) is 5.60. The molecule has 1 aromatic carbocycles. The van der Waals surface area contributed by atoms with E-state index in [0.29, 0.717) is 16.5 Å². The average molecular weight is 436 g/mol. The fourth-order valence-corrected chi connectivity index (χ4v) is 4.31. The molecule has 1 aromatic rings. The van der Waals surface area contributed by atoms with Gasteiger partial charge in [0.2, 0.25) is 0 Å². The second-order valence-electron chi connectivity index (χ2n) is 6.99. The van der Waals surface area contributed by atoms with E-state index in [2.05, 4.69) is 4.99 Å². The van der Waals surface area contributed by atoms with Gasteiger partial charge >= 0.3 is 6.18 Å². The van der Waals surface area contributed by atoms with Crippen molar-refractivity contribution in [2.75, 3.05) is 21.2 Å². The van der Waals surface area contributed by atoms with Gasteiger partial charge in [-0.3, -0.25) is 4.99 Å². The number of aliphatic hydroxyl groups is 2. The number of amidine groups is 1. The molecule has 162 valence electrons. The highest BCUT2D eigenvalue weighted by Crippen LogP contribution is 2.41. The first-order valence-corrected chi connectivity index (χ1v) is 9.74. The smallest absolute Gasteiger partial charge is 0.417 e. The van der Waals surface area contributed by atoms with E-state index in [9.17, 15) is 23.4 Å². The highest BCUT2D eigenvalue weighted by Gasteiger charge is 2.57. The summed E-state index contributed by atoms with van der Waals surface area (Å²) in [5, 5.41) is 21.2. The molecular weight excluding hydrogens is 413 g/mol. The zero-order chi connectivity index (χ0) is 21.3. The number of alkyl halides is 3. The summed E-state index contributed by atoms with van der Waals surface area (Å²) in [5.74, 6) is 0.484. The number of aliphatic hydroxyl groups excluding tert-OH is 2. The van der Waals surface area contributed by atoms with Crippen LogP contribution in [0.5, 0.6) is 5.75 Å². The predicted molar refractivity (Wildman–Crippen MR) is 101 cm³/mol. The molecule has 2 aliphatic heterocycles. The number of aliphatic imine (C=N–C) groups is 1. The van der Waals surface area contributed by atoms with Crippen molar-refractivity contribution < 1.29 is 37.6 Å². The van der Waals surface area contributed by atoms with Crippen LogP contribution in [0.1, 0.15) is 5.56 Å². The molecule has 11 heteroatoms. The van der Waals surface area contributed by atoms with Crippen LogP contribution in [0.4, 0.5) is 13.2 Å². The Morgan fingerprint density at radius 1 is 1.28 bits per heavy atom. The number of hydrogen-bond donors (Lipinski definition) is 2. The third kappa shape index (κ3) is 4.80. The molecule has 0 radical (unpaired) electrons. The van der Waals surface area contributed by atoms with Crippen LogP contribution in [0.2, 0.25) is 0 Å². The maximum Gasteiger partial charge on any atom is 0.417 e. The number of hydrogen-bond acceptors (Lipinski definition) is 8. The third-order valence-corrected chi connectivity index (χ3v) is 5.96. The van der Waals surface area contributed by atoms with Crippen LogP contribution in [0, 0.1) is 0 Å². The molecule has 29 heavy (non-hydrogen) atoms. The Kier molecular flexibility index (Phi) is 6.64. The molecular formula is C18H23F3N2O5S. The van der Waals surface area contributed by atoms with Crippen LogP contribution < -0.4 is 4.74 Å². The fourth-order valence-electron chi connectivity index (χ4n) is 3.16. The molecule has 0 spiro atoms. The molecule has 1 saturated heterocycles. The van der Waals surface area contributed by atoms with Gasteiger partial charge in [-0.2, -0.15) is 13.2 Å². The Labute approximate surface area is 170 Å². The van der Waals surface area contributed by atoms with Gasteiger partial charge in [-0.15, -0.1) is 0 Å². The minimum atomic E-state index is -4.81. The SMILES string of the molecule is COc1cccc(COC(C2OC3SC(N(C)C)=NC3C(O)C2O)C(F)(F)F)c1. The molecule has 2 N–H and O–H groups in total. The van der Waals surface area contributed by atoms with Gasteiger partial charge in [-0.1, -0.05) is 23.9 Å². The second-order valence-corrected chi connectivity index (χ2v) is 8.06. The van der Waals surface area contributed by atoms with E-state index < -0.39 is 42.1 Å². The zero-order valence-electron chi connectivity index (χ0n) is 16.0. The summed E-state index contributed by atoms with van der Waals surface area (Å²) < 4.78 is 56.9. The lowest BCUT2D eigenvalue weighted by atomic mass is 9.94. The number of benzene rings is 1. The van der Waals surface area contributed by atoms with Crippen molar-refractivity contribution in [2.24, 2.45) is 4.99 Å². The lowest BCUT2D eigenvalue weighted by Crippen LogP contribution is -2.61. The lowest BCUT2D eigenvalue weighted by molar-refractivity contribution is -0.286. The molecule has 0 bridgehead atoms. The molecule has 0 amide bonds. The molecule has 6 unspecified atom stereocenters. The van der Waals surface area contributed by atoms with Gasteiger partial charge in [-0.05, 0) is 17.7 Å². The van der Waals surface area contributed by atoms with Gasteiger partial charge < -0.3 is 29.3 Å². The Balaban J connectivity index is 1.77. The Morgan fingerprint density at radius 2 is 2.00 bits per heavy atom. The molecule has 3 rings (SSSR count). The monoisotopic (exact) mass is 436 g/mol. The number of nitrogens with zero attached hydrogens (tertiary/aromatic N) is 2. The van der Waals surface area contributed by atoms with Crippen molar-refractivity contribution in [3.63, 3.8) is 0 Å². The van der Waals surface area contributed by atoms with Crippen LogP contribution in [0.3, 0.4) is 0 Å². The Morgan fingerprint density at radius 3 is 2.62 bits per heavy atom. The van der Waals surface area contributed by atoms with Crippen molar-refractivity contribution >= 4 is 16.9 Å². The van der Waals surface area contributed by atoms with E-state index in [4.69, 9.17) is 14.2 Å². The van der Waals surface area contributed by atoms with E-state index in [1.807, 2.05) is 0 Å². The van der Waals surface area contributed by atoms with Crippen molar-refractivity contribution in [3.8, 4) is 5.75 Å². The lowest BCUT2D eigenvalue weighted by Gasteiger charge is -2.41. The summed E-state index contributed by atoms with van der Waals surface area (Å²) >= 11 is 1.10. The predicted octanol–water partition coefficient (Wildman–Crippen LogP) is 1.62. The van der Waals surface area contributed by atoms with Crippen molar-refractivity contribution in [3.05, 3.63) is 29.8 Å². The molecule has 1 fully saturated rings. The van der Waals surface area contributed by atoms with E-state index in [1.165, 1.54) is 7.11 Å². The van der Waals surface area contributed by atoms with E-state index in [1.54, 1.807) is 43.3 Å². The summed E-state index contributed by atoms with van der Waals surface area (Å²) in [7, 11) is 4.89. The van der Waals surface area contributed by atoms with Gasteiger partial charge in [-0.25, -0.2) is 0 Å². The molecule has 7 nitrogen and oxygen atoms in total. The van der Waals surface area contributed by atoms with Crippen LogP contribution in [0.25, 0.3) is 0 Å². The van der Waals surface area contributed by atoms with E-state index in [-0.39, 0.29) is 6.61 Å². The molecule has 0 saturated carbocycles. The van der Waals surface area contributed by atoms with Gasteiger partial charge in [0, 0.05) is 14.1 Å². The molecule has 6 atom stereocenters. The molecule has 2 heterocycles. The van der Waals surface area contributed by atoms with Crippen molar-refractivity contribution in [1.29, 1.82) is 0 Å². The van der Waals surface area contributed by atoms with Gasteiger partial charge in [0.15, 0.2) is 11.3 Å². The van der Waals surface area contributed by atoms with E-state index in [0.717, 1.165) is 11.8 Å². The first-order chi connectivity index (χ1) is 13.6.